The van der Waals surface area contributed by atoms with Crippen molar-refractivity contribution in [3.8, 4) is 0 Å². The van der Waals surface area contributed by atoms with Crippen LogP contribution < -0.4 is 10.9 Å². The molecule has 1 N–H and O–H groups in total. The van der Waals surface area contributed by atoms with Gasteiger partial charge in [0.15, 0.2) is 0 Å². The number of hydrogen-bond acceptors (Lipinski definition) is 3. The van der Waals surface area contributed by atoms with Gasteiger partial charge in [-0.2, -0.15) is 0 Å². The predicted molar refractivity (Wildman–Crippen MR) is 101 cm³/mol. The SMILES string of the molecule is O=C(CCn1cnc2ccc(Br)cc2c1=O)NCCc1cc(F)cc(F)c1. The number of aromatic nitrogens is 2. The van der Waals surface area contributed by atoms with E-state index in [0.29, 0.717) is 22.9 Å². The van der Waals surface area contributed by atoms with E-state index in [1.165, 1.54) is 23.0 Å². The lowest BCUT2D eigenvalue weighted by Gasteiger charge is -2.08. The number of fused-ring (bicyclic) bond motifs is 1. The Balaban J connectivity index is 1.55. The number of aryl methyl sites for hydroxylation is 1. The van der Waals surface area contributed by atoms with E-state index in [1.807, 2.05) is 0 Å². The van der Waals surface area contributed by atoms with E-state index in [0.717, 1.165) is 10.5 Å². The molecule has 0 aliphatic carbocycles. The Morgan fingerprint density at radius 2 is 1.89 bits per heavy atom. The van der Waals surface area contributed by atoms with Crippen molar-refractivity contribution in [2.75, 3.05) is 6.54 Å². The van der Waals surface area contributed by atoms with E-state index in [-0.39, 0.29) is 31.0 Å². The maximum atomic E-state index is 13.1. The smallest absolute Gasteiger partial charge is 0.261 e. The Labute approximate surface area is 162 Å². The Hall–Kier alpha value is -2.61. The maximum absolute atomic E-state index is 13.1. The van der Waals surface area contributed by atoms with E-state index in [1.54, 1.807) is 18.2 Å². The number of carbonyl (C=O) groups excluding carboxylic acids is 1. The second kappa shape index (κ2) is 8.39. The molecule has 2 aromatic carbocycles. The van der Waals surface area contributed by atoms with Crippen LogP contribution in [0.3, 0.4) is 0 Å². The second-order valence-electron chi connectivity index (χ2n) is 6.03. The van der Waals surface area contributed by atoms with Crippen molar-refractivity contribution in [3.63, 3.8) is 0 Å². The van der Waals surface area contributed by atoms with E-state index in [4.69, 9.17) is 0 Å². The molecule has 0 aliphatic rings. The number of nitrogens with zero attached hydrogens (tertiary/aromatic N) is 2. The molecule has 1 heterocycles. The molecule has 3 rings (SSSR count). The lowest BCUT2D eigenvalue weighted by atomic mass is 10.1. The van der Waals surface area contributed by atoms with Gasteiger partial charge in [-0.3, -0.25) is 14.2 Å². The van der Waals surface area contributed by atoms with Crippen LogP contribution in [0, 0.1) is 11.6 Å². The Morgan fingerprint density at radius 3 is 2.63 bits per heavy atom. The standard InChI is InChI=1S/C19H16BrF2N3O2/c20-13-1-2-17-16(9-13)19(27)25(11-24-17)6-4-18(26)23-5-3-12-7-14(21)10-15(22)8-12/h1-2,7-11H,3-6H2,(H,23,26). The summed E-state index contributed by atoms with van der Waals surface area (Å²) in [6.07, 6.45) is 1.83. The van der Waals surface area contributed by atoms with Gasteiger partial charge in [0.05, 0.1) is 17.2 Å². The summed E-state index contributed by atoms with van der Waals surface area (Å²) in [6, 6.07) is 8.50. The Bertz CT molecular complexity index is 1030. The first-order chi connectivity index (χ1) is 12.9. The van der Waals surface area contributed by atoms with Crippen molar-refractivity contribution < 1.29 is 13.6 Å². The van der Waals surface area contributed by atoms with Crippen molar-refractivity contribution in [1.82, 2.24) is 14.9 Å². The van der Waals surface area contributed by atoms with Crippen molar-refractivity contribution >= 4 is 32.7 Å². The van der Waals surface area contributed by atoms with Crippen LogP contribution in [0.5, 0.6) is 0 Å². The number of halogens is 3. The monoisotopic (exact) mass is 435 g/mol. The highest BCUT2D eigenvalue weighted by Gasteiger charge is 2.08. The van der Waals surface area contributed by atoms with Crippen LogP contribution in [0.15, 0.2) is 52.0 Å². The van der Waals surface area contributed by atoms with Crippen molar-refractivity contribution in [3.05, 3.63) is 74.7 Å². The summed E-state index contributed by atoms with van der Waals surface area (Å²) in [5.74, 6) is -1.55. The van der Waals surface area contributed by atoms with Gasteiger partial charge < -0.3 is 5.32 Å². The molecule has 27 heavy (non-hydrogen) atoms. The normalized spacial score (nSPS) is 10.9. The summed E-state index contributed by atoms with van der Waals surface area (Å²) in [4.78, 5) is 28.6. The number of carbonyl (C=O) groups is 1. The number of nitrogens with one attached hydrogen (secondary N) is 1. The fraction of sp³-hybridized carbons (Fsp3) is 0.211. The van der Waals surface area contributed by atoms with Crippen LogP contribution >= 0.6 is 15.9 Å². The van der Waals surface area contributed by atoms with Gasteiger partial charge in [0, 0.05) is 30.0 Å². The zero-order valence-corrected chi connectivity index (χ0v) is 15.8. The van der Waals surface area contributed by atoms with Gasteiger partial charge in [-0.05, 0) is 42.3 Å². The number of hydrogen-bond donors (Lipinski definition) is 1. The van der Waals surface area contributed by atoms with Crippen LogP contribution in [0.1, 0.15) is 12.0 Å². The van der Waals surface area contributed by atoms with E-state index in [2.05, 4.69) is 26.2 Å². The van der Waals surface area contributed by atoms with Crippen molar-refractivity contribution in [1.29, 1.82) is 0 Å². The number of benzene rings is 2. The van der Waals surface area contributed by atoms with Crippen LogP contribution in [-0.2, 0) is 17.8 Å². The van der Waals surface area contributed by atoms with Crippen LogP contribution in [0.4, 0.5) is 8.78 Å². The van der Waals surface area contributed by atoms with Gasteiger partial charge in [0.1, 0.15) is 11.6 Å². The minimum absolute atomic E-state index is 0.0958. The minimum atomic E-state index is -0.647. The molecular formula is C19H16BrF2N3O2. The molecule has 0 radical (unpaired) electrons. The summed E-state index contributed by atoms with van der Waals surface area (Å²) < 4.78 is 28.4. The van der Waals surface area contributed by atoms with Crippen LogP contribution in [0.25, 0.3) is 10.9 Å². The average molecular weight is 436 g/mol. The summed E-state index contributed by atoms with van der Waals surface area (Å²) in [5, 5.41) is 3.15. The topological polar surface area (TPSA) is 64.0 Å². The molecule has 0 saturated carbocycles. The van der Waals surface area contributed by atoms with Gasteiger partial charge in [-0.15, -0.1) is 0 Å². The first-order valence-electron chi connectivity index (χ1n) is 8.29. The molecule has 0 saturated heterocycles. The first kappa shape index (κ1) is 19.2. The third-order valence-corrected chi connectivity index (χ3v) is 4.52. The molecule has 0 atom stereocenters. The summed E-state index contributed by atoms with van der Waals surface area (Å²) in [7, 11) is 0. The van der Waals surface area contributed by atoms with Gasteiger partial charge >= 0.3 is 0 Å². The highest BCUT2D eigenvalue weighted by Crippen LogP contribution is 2.14. The van der Waals surface area contributed by atoms with Crippen molar-refractivity contribution in [2.45, 2.75) is 19.4 Å². The third-order valence-electron chi connectivity index (χ3n) is 4.02. The largest absolute Gasteiger partial charge is 0.356 e. The molecule has 5 nitrogen and oxygen atoms in total. The molecule has 0 fully saturated rings. The van der Waals surface area contributed by atoms with Gasteiger partial charge in [-0.1, -0.05) is 15.9 Å². The highest BCUT2D eigenvalue weighted by molar-refractivity contribution is 9.10. The minimum Gasteiger partial charge on any atom is -0.356 e. The number of rotatable bonds is 6. The van der Waals surface area contributed by atoms with Crippen LogP contribution in [-0.4, -0.2) is 22.0 Å². The molecule has 0 bridgehead atoms. The van der Waals surface area contributed by atoms with Crippen molar-refractivity contribution in [2.24, 2.45) is 0 Å². The highest BCUT2D eigenvalue weighted by atomic mass is 79.9. The fourth-order valence-corrected chi connectivity index (χ4v) is 3.06. The molecule has 1 amide bonds. The summed E-state index contributed by atoms with van der Waals surface area (Å²) >= 11 is 3.32. The first-order valence-corrected chi connectivity index (χ1v) is 9.08. The van der Waals surface area contributed by atoms with E-state index >= 15 is 0 Å². The molecule has 3 aromatic rings. The number of amides is 1. The second-order valence-corrected chi connectivity index (χ2v) is 6.95. The molecule has 0 spiro atoms. The van der Waals surface area contributed by atoms with Crippen LogP contribution in [0.2, 0.25) is 0 Å². The van der Waals surface area contributed by atoms with Gasteiger partial charge in [-0.25, -0.2) is 13.8 Å². The van der Waals surface area contributed by atoms with E-state index in [9.17, 15) is 18.4 Å². The lowest BCUT2D eigenvalue weighted by Crippen LogP contribution is -2.29. The molecular weight excluding hydrogens is 420 g/mol. The summed E-state index contributed by atoms with van der Waals surface area (Å²) in [5.41, 5.74) is 0.837. The third kappa shape index (κ3) is 4.97. The molecule has 0 unspecified atom stereocenters. The maximum Gasteiger partial charge on any atom is 0.261 e. The average Bonchev–Trinajstić information content (AvgIpc) is 2.61. The predicted octanol–water partition coefficient (Wildman–Crippen LogP) is 3.19. The molecule has 8 heteroatoms. The molecule has 1 aromatic heterocycles. The van der Waals surface area contributed by atoms with Gasteiger partial charge in [0.25, 0.3) is 5.56 Å². The Morgan fingerprint density at radius 1 is 1.15 bits per heavy atom. The van der Waals surface area contributed by atoms with Gasteiger partial charge in [0.2, 0.25) is 5.91 Å². The fourth-order valence-electron chi connectivity index (χ4n) is 2.70. The quantitative estimate of drug-likeness (QED) is 0.646. The molecule has 140 valence electrons. The Kier molecular flexibility index (Phi) is 5.95. The zero-order chi connectivity index (χ0) is 19.4. The van der Waals surface area contributed by atoms with E-state index < -0.39 is 11.6 Å². The molecule has 0 aliphatic heterocycles. The lowest BCUT2D eigenvalue weighted by molar-refractivity contribution is -0.121. The zero-order valence-electron chi connectivity index (χ0n) is 14.2. The summed E-state index contributed by atoms with van der Waals surface area (Å²) in [6.45, 7) is 0.439.